The molecular weight excluding hydrogens is 339 g/mol. The lowest BCUT2D eigenvalue weighted by molar-refractivity contribution is 0.241. The zero-order valence-corrected chi connectivity index (χ0v) is 15.8. The van der Waals surface area contributed by atoms with Crippen molar-refractivity contribution in [3.63, 3.8) is 0 Å². The molecule has 2 aromatic rings. The standard InChI is InChI=1S/C20H24Cl2N2/c1-14-11-15(2)13-16(12-14)20(24-9-4-7-23-8-10-24)17-5-3-6-18(21)19(17)22/h3,5-6,11-13,20,23H,4,7-10H2,1-2H3. The average Bonchev–Trinajstić information content (AvgIpc) is 2.80. The third-order valence-electron chi connectivity index (χ3n) is 4.58. The van der Waals surface area contributed by atoms with Crippen molar-refractivity contribution >= 4 is 23.2 Å². The highest BCUT2D eigenvalue weighted by Crippen LogP contribution is 2.37. The molecule has 1 heterocycles. The number of halogens is 2. The minimum atomic E-state index is 0.134. The molecule has 1 aliphatic rings. The number of benzene rings is 2. The minimum Gasteiger partial charge on any atom is -0.315 e. The van der Waals surface area contributed by atoms with Crippen molar-refractivity contribution in [3.8, 4) is 0 Å². The predicted octanol–water partition coefficient (Wildman–Crippen LogP) is 4.99. The third kappa shape index (κ3) is 3.94. The van der Waals surface area contributed by atoms with E-state index in [0.29, 0.717) is 10.0 Å². The van der Waals surface area contributed by atoms with E-state index in [4.69, 9.17) is 23.2 Å². The van der Waals surface area contributed by atoms with Crippen molar-refractivity contribution in [3.05, 3.63) is 68.7 Å². The van der Waals surface area contributed by atoms with Crippen LogP contribution in [0.25, 0.3) is 0 Å². The lowest BCUT2D eigenvalue weighted by Crippen LogP contribution is -2.33. The van der Waals surface area contributed by atoms with Gasteiger partial charge in [-0.1, -0.05) is 64.7 Å². The van der Waals surface area contributed by atoms with Crippen molar-refractivity contribution in [1.29, 1.82) is 0 Å². The van der Waals surface area contributed by atoms with Gasteiger partial charge in [0.2, 0.25) is 0 Å². The molecule has 0 spiro atoms. The van der Waals surface area contributed by atoms with E-state index in [1.54, 1.807) is 0 Å². The maximum absolute atomic E-state index is 6.60. The Bertz CT molecular complexity index is 687. The van der Waals surface area contributed by atoms with Crippen LogP contribution < -0.4 is 5.32 Å². The zero-order valence-electron chi connectivity index (χ0n) is 14.3. The maximum atomic E-state index is 6.60. The molecule has 0 aromatic heterocycles. The second kappa shape index (κ2) is 7.88. The molecule has 4 heteroatoms. The fraction of sp³-hybridized carbons (Fsp3) is 0.400. The molecule has 1 saturated heterocycles. The topological polar surface area (TPSA) is 15.3 Å². The largest absolute Gasteiger partial charge is 0.315 e. The molecule has 128 valence electrons. The van der Waals surface area contributed by atoms with E-state index in [-0.39, 0.29) is 6.04 Å². The van der Waals surface area contributed by atoms with Gasteiger partial charge in [0.1, 0.15) is 0 Å². The smallest absolute Gasteiger partial charge is 0.0643 e. The fourth-order valence-corrected chi connectivity index (χ4v) is 4.02. The Kier molecular flexibility index (Phi) is 5.83. The Morgan fingerprint density at radius 2 is 1.75 bits per heavy atom. The number of aryl methyl sites for hydroxylation is 2. The molecular formula is C20H24Cl2N2. The van der Waals surface area contributed by atoms with E-state index in [0.717, 1.165) is 38.2 Å². The number of nitrogens with zero attached hydrogens (tertiary/aromatic N) is 1. The van der Waals surface area contributed by atoms with Gasteiger partial charge in [-0.25, -0.2) is 0 Å². The van der Waals surface area contributed by atoms with E-state index in [9.17, 15) is 0 Å². The van der Waals surface area contributed by atoms with Crippen LogP contribution in [-0.4, -0.2) is 31.1 Å². The van der Waals surface area contributed by atoms with Gasteiger partial charge in [0.05, 0.1) is 16.1 Å². The van der Waals surface area contributed by atoms with Crippen molar-refractivity contribution < 1.29 is 0 Å². The first-order valence-corrected chi connectivity index (χ1v) is 9.29. The lowest BCUT2D eigenvalue weighted by atomic mass is 9.94. The summed E-state index contributed by atoms with van der Waals surface area (Å²) in [6.45, 7) is 8.42. The molecule has 0 radical (unpaired) electrons. The van der Waals surface area contributed by atoms with Crippen LogP contribution in [0.1, 0.15) is 34.7 Å². The summed E-state index contributed by atoms with van der Waals surface area (Å²) in [6, 6.07) is 12.8. The molecule has 0 amide bonds. The average molecular weight is 363 g/mol. The first-order valence-electron chi connectivity index (χ1n) is 8.53. The van der Waals surface area contributed by atoms with Crippen LogP contribution in [0.3, 0.4) is 0 Å². The van der Waals surface area contributed by atoms with Gasteiger partial charge in [0, 0.05) is 19.6 Å². The molecule has 1 N–H and O–H groups in total. The summed E-state index contributed by atoms with van der Waals surface area (Å²) in [5.41, 5.74) is 4.94. The summed E-state index contributed by atoms with van der Waals surface area (Å²) in [4.78, 5) is 2.52. The van der Waals surface area contributed by atoms with Gasteiger partial charge in [-0.2, -0.15) is 0 Å². The summed E-state index contributed by atoms with van der Waals surface area (Å²) in [6.07, 6.45) is 1.14. The van der Waals surface area contributed by atoms with Gasteiger partial charge in [-0.05, 0) is 44.0 Å². The number of rotatable bonds is 3. The summed E-state index contributed by atoms with van der Waals surface area (Å²) in [5.74, 6) is 0. The summed E-state index contributed by atoms with van der Waals surface area (Å²) in [5, 5.41) is 4.77. The molecule has 2 aromatic carbocycles. The molecule has 0 aliphatic carbocycles. The Morgan fingerprint density at radius 1 is 1.00 bits per heavy atom. The molecule has 2 nitrogen and oxygen atoms in total. The van der Waals surface area contributed by atoms with Crippen LogP contribution in [0, 0.1) is 13.8 Å². The van der Waals surface area contributed by atoms with Crippen LogP contribution in [0.15, 0.2) is 36.4 Å². The Labute approximate surface area is 154 Å². The Balaban J connectivity index is 2.10. The van der Waals surface area contributed by atoms with Gasteiger partial charge in [0.25, 0.3) is 0 Å². The SMILES string of the molecule is Cc1cc(C)cc(C(c2cccc(Cl)c2Cl)N2CCCNCC2)c1. The maximum Gasteiger partial charge on any atom is 0.0643 e. The Morgan fingerprint density at radius 3 is 2.50 bits per heavy atom. The van der Waals surface area contributed by atoms with E-state index in [1.165, 1.54) is 16.7 Å². The molecule has 24 heavy (non-hydrogen) atoms. The first-order chi connectivity index (χ1) is 11.6. The lowest BCUT2D eigenvalue weighted by Gasteiger charge is -2.32. The fourth-order valence-electron chi connectivity index (χ4n) is 3.61. The van der Waals surface area contributed by atoms with Gasteiger partial charge in [-0.3, -0.25) is 4.90 Å². The van der Waals surface area contributed by atoms with Crippen molar-refractivity contribution in [2.24, 2.45) is 0 Å². The highest BCUT2D eigenvalue weighted by molar-refractivity contribution is 6.42. The van der Waals surface area contributed by atoms with Gasteiger partial charge in [0.15, 0.2) is 0 Å². The van der Waals surface area contributed by atoms with Gasteiger partial charge < -0.3 is 5.32 Å². The quantitative estimate of drug-likeness (QED) is 0.826. The highest BCUT2D eigenvalue weighted by Gasteiger charge is 2.26. The molecule has 1 aliphatic heterocycles. The van der Waals surface area contributed by atoms with E-state index in [1.807, 2.05) is 12.1 Å². The van der Waals surface area contributed by atoms with Crippen LogP contribution >= 0.6 is 23.2 Å². The predicted molar refractivity (Wildman–Crippen MR) is 103 cm³/mol. The van der Waals surface area contributed by atoms with E-state index < -0.39 is 0 Å². The molecule has 3 rings (SSSR count). The van der Waals surface area contributed by atoms with Crippen LogP contribution in [0.2, 0.25) is 10.0 Å². The normalized spacial score (nSPS) is 17.5. The van der Waals surface area contributed by atoms with Gasteiger partial charge in [-0.15, -0.1) is 0 Å². The molecule has 1 fully saturated rings. The monoisotopic (exact) mass is 362 g/mol. The second-order valence-electron chi connectivity index (χ2n) is 6.61. The number of hydrogen-bond acceptors (Lipinski definition) is 2. The third-order valence-corrected chi connectivity index (χ3v) is 5.41. The minimum absolute atomic E-state index is 0.134. The molecule has 1 unspecified atom stereocenters. The number of hydrogen-bond donors (Lipinski definition) is 1. The van der Waals surface area contributed by atoms with Crippen LogP contribution in [-0.2, 0) is 0 Å². The molecule has 1 atom stereocenters. The van der Waals surface area contributed by atoms with Crippen LogP contribution in [0.5, 0.6) is 0 Å². The summed E-state index contributed by atoms with van der Waals surface area (Å²) < 4.78 is 0. The number of nitrogens with one attached hydrogen (secondary N) is 1. The molecule has 0 saturated carbocycles. The zero-order chi connectivity index (χ0) is 17.1. The van der Waals surface area contributed by atoms with Crippen LogP contribution in [0.4, 0.5) is 0 Å². The van der Waals surface area contributed by atoms with Crippen molar-refractivity contribution in [2.45, 2.75) is 26.3 Å². The van der Waals surface area contributed by atoms with Gasteiger partial charge >= 0.3 is 0 Å². The van der Waals surface area contributed by atoms with Crippen molar-refractivity contribution in [2.75, 3.05) is 26.2 Å². The Hall–Kier alpha value is -1.06. The highest BCUT2D eigenvalue weighted by atomic mass is 35.5. The van der Waals surface area contributed by atoms with E-state index in [2.05, 4.69) is 48.3 Å². The first kappa shape index (κ1) is 17.8. The van der Waals surface area contributed by atoms with E-state index >= 15 is 0 Å². The summed E-state index contributed by atoms with van der Waals surface area (Å²) in [7, 11) is 0. The second-order valence-corrected chi connectivity index (χ2v) is 7.39. The molecule has 0 bridgehead atoms. The van der Waals surface area contributed by atoms with Crippen molar-refractivity contribution in [1.82, 2.24) is 10.2 Å². The summed E-state index contributed by atoms with van der Waals surface area (Å²) >= 11 is 12.9.